The molecule has 0 atom stereocenters. The third kappa shape index (κ3) is 5.59. The minimum atomic E-state index is 0.833. The van der Waals surface area contributed by atoms with E-state index in [0.717, 1.165) is 5.92 Å². The van der Waals surface area contributed by atoms with Crippen LogP contribution in [0, 0.1) is 5.92 Å². The van der Waals surface area contributed by atoms with Crippen molar-refractivity contribution in [1.29, 1.82) is 0 Å². The summed E-state index contributed by atoms with van der Waals surface area (Å²) in [5.74, 6) is 0.833. The lowest BCUT2D eigenvalue weighted by Crippen LogP contribution is -1.75. The minimum absolute atomic E-state index is 0.833. The summed E-state index contributed by atoms with van der Waals surface area (Å²) in [7, 11) is 2.04. The summed E-state index contributed by atoms with van der Waals surface area (Å²) >= 11 is 0. The predicted molar refractivity (Wildman–Crippen MR) is 74.8 cm³/mol. The lowest BCUT2D eigenvalue weighted by Gasteiger charge is -1.81. The van der Waals surface area contributed by atoms with Gasteiger partial charge in [-0.2, -0.15) is 0 Å². The molecular formula is C15H25N. The molecule has 0 fully saturated rings. The molecule has 0 radical (unpaired) electrons. The maximum Gasteiger partial charge on any atom is 0.0111 e. The number of nitrogens with zero attached hydrogens (tertiary/aromatic N) is 1. The average Bonchev–Trinajstić information content (AvgIpc) is 2.60. The van der Waals surface area contributed by atoms with Crippen LogP contribution in [0.5, 0.6) is 0 Å². The molecule has 0 spiro atoms. The van der Waals surface area contributed by atoms with E-state index in [2.05, 4.69) is 62.0 Å². The van der Waals surface area contributed by atoms with Crippen LogP contribution in [0.1, 0.15) is 34.6 Å². The Morgan fingerprint density at radius 2 is 1.19 bits per heavy atom. The maximum atomic E-state index is 2.17. The van der Waals surface area contributed by atoms with Crippen LogP contribution in [0.15, 0.2) is 36.7 Å². The van der Waals surface area contributed by atoms with Crippen LogP contribution in [0.4, 0.5) is 0 Å². The van der Waals surface area contributed by atoms with E-state index in [0.29, 0.717) is 0 Å². The number of hydrogen-bond donors (Lipinski definition) is 0. The zero-order valence-corrected chi connectivity index (χ0v) is 11.5. The first-order chi connectivity index (χ1) is 7.59. The van der Waals surface area contributed by atoms with Crippen LogP contribution in [0.25, 0.3) is 10.8 Å². The monoisotopic (exact) mass is 219 g/mol. The average molecular weight is 219 g/mol. The fourth-order valence-electron chi connectivity index (χ4n) is 1.22. The molecule has 0 amide bonds. The number of benzene rings is 1. The molecule has 0 unspecified atom stereocenters. The predicted octanol–water partition coefficient (Wildman–Crippen LogP) is 4.87. The summed E-state index contributed by atoms with van der Waals surface area (Å²) in [5, 5.41) is 2.62. The molecule has 1 aromatic carbocycles. The first kappa shape index (κ1) is 14.8. The van der Waals surface area contributed by atoms with Gasteiger partial charge < -0.3 is 4.57 Å². The fraction of sp³-hybridized carbons (Fsp3) is 0.467. The van der Waals surface area contributed by atoms with Crippen LogP contribution in [-0.2, 0) is 7.05 Å². The quantitative estimate of drug-likeness (QED) is 0.596. The van der Waals surface area contributed by atoms with Gasteiger partial charge in [0.2, 0.25) is 0 Å². The van der Waals surface area contributed by atoms with Gasteiger partial charge in [0, 0.05) is 19.4 Å². The van der Waals surface area contributed by atoms with E-state index in [9.17, 15) is 0 Å². The Balaban J connectivity index is 0.000000323. The second kappa shape index (κ2) is 7.98. The van der Waals surface area contributed by atoms with E-state index >= 15 is 0 Å². The molecule has 90 valence electrons. The van der Waals surface area contributed by atoms with Gasteiger partial charge in [0.1, 0.15) is 0 Å². The molecule has 0 bridgehead atoms. The third-order valence-corrected chi connectivity index (χ3v) is 1.68. The third-order valence-electron chi connectivity index (χ3n) is 1.68. The second-order valence-corrected chi connectivity index (χ2v) is 4.28. The van der Waals surface area contributed by atoms with E-state index in [1.165, 1.54) is 10.8 Å². The fourth-order valence-corrected chi connectivity index (χ4v) is 1.22. The SMILES string of the molecule is CC.CC(C)C.Cn1cc2ccccc2c1. The highest BCUT2D eigenvalue weighted by atomic mass is 14.9. The van der Waals surface area contributed by atoms with Crippen molar-refractivity contribution in [3.05, 3.63) is 36.7 Å². The minimum Gasteiger partial charge on any atom is -0.356 e. The molecule has 0 aliphatic carbocycles. The van der Waals surface area contributed by atoms with Crippen LogP contribution in [0.3, 0.4) is 0 Å². The summed E-state index contributed by atoms with van der Waals surface area (Å²) in [6, 6.07) is 8.36. The molecule has 16 heavy (non-hydrogen) atoms. The highest BCUT2D eigenvalue weighted by molar-refractivity contribution is 5.81. The van der Waals surface area contributed by atoms with Gasteiger partial charge in [0.15, 0.2) is 0 Å². The van der Waals surface area contributed by atoms with Crippen molar-refractivity contribution in [3.63, 3.8) is 0 Å². The van der Waals surface area contributed by atoms with Crippen molar-refractivity contribution >= 4 is 10.8 Å². The number of aryl methyl sites for hydroxylation is 1. The largest absolute Gasteiger partial charge is 0.356 e. The Labute approximate surface area is 100 Å². The van der Waals surface area contributed by atoms with Crippen LogP contribution in [0.2, 0.25) is 0 Å². The lowest BCUT2D eigenvalue weighted by atomic mass is 10.2. The zero-order valence-electron chi connectivity index (χ0n) is 11.5. The molecule has 1 aromatic heterocycles. The molecule has 2 rings (SSSR count). The number of hydrogen-bond acceptors (Lipinski definition) is 0. The maximum absolute atomic E-state index is 2.17. The van der Waals surface area contributed by atoms with Gasteiger partial charge in [-0.1, -0.05) is 58.9 Å². The first-order valence-corrected chi connectivity index (χ1v) is 6.10. The highest BCUT2D eigenvalue weighted by Gasteiger charge is 1.91. The summed E-state index contributed by atoms with van der Waals surface area (Å²) in [6.45, 7) is 10.5. The van der Waals surface area contributed by atoms with Crippen LogP contribution < -0.4 is 0 Å². The molecule has 0 saturated heterocycles. The second-order valence-electron chi connectivity index (χ2n) is 4.28. The topological polar surface area (TPSA) is 4.93 Å². The highest BCUT2D eigenvalue weighted by Crippen LogP contribution is 2.12. The van der Waals surface area contributed by atoms with Crippen LogP contribution in [-0.4, -0.2) is 4.57 Å². The van der Waals surface area contributed by atoms with Crippen LogP contribution >= 0.6 is 0 Å². The van der Waals surface area contributed by atoms with E-state index < -0.39 is 0 Å². The Morgan fingerprint density at radius 1 is 0.875 bits per heavy atom. The van der Waals surface area contributed by atoms with Crippen molar-refractivity contribution < 1.29 is 0 Å². The Morgan fingerprint density at radius 3 is 1.50 bits per heavy atom. The Kier molecular flexibility index (Phi) is 7.36. The van der Waals surface area contributed by atoms with Gasteiger partial charge in [-0.25, -0.2) is 0 Å². The Hall–Kier alpha value is -1.24. The van der Waals surface area contributed by atoms with Crippen molar-refractivity contribution in [2.24, 2.45) is 13.0 Å². The van der Waals surface area contributed by atoms with Crippen molar-refractivity contribution in [2.45, 2.75) is 34.6 Å². The normalized spacial score (nSPS) is 9.19. The summed E-state index contributed by atoms with van der Waals surface area (Å²) in [4.78, 5) is 0. The van der Waals surface area contributed by atoms with Gasteiger partial charge in [-0.05, 0) is 16.7 Å². The van der Waals surface area contributed by atoms with E-state index in [-0.39, 0.29) is 0 Å². The van der Waals surface area contributed by atoms with Crippen molar-refractivity contribution in [2.75, 3.05) is 0 Å². The molecule has 0 aliphatic rings. The molecule has 2 aromatic rings. The van der Waals surface area contributed by atoms with Gasteiger partial charge in [-0.15, -0.1) is 0 Å². The smallest absolute Gasteiger partial charge is 0.0111 e. The summed E-state index contributed by atoms with van der Waals surface area (Å²) < 4.78 is 2.07. The van der Waals surface area contributed by atoms with E-state index in [4.69, 9.17) is 0 Å². The molecule has 1 heteroatoms. The number of rotatable bonds is 0. The number of fused-ring (bicyclic) bond motifs is 1. The van der Waals surface area contributed by atoms with Gasteiger partial charge in [0.25, 0.3) is 0 Å². The van der Waals surface area contributed by atoms with Gasteiger partial charge in [0.05, 0.1) is 0 Å². The molecule has 0 N–H and O–H groups in total. The number of aromatic nitrogens is 1. The van der Waals surface area contributed by atoms with Gasteiger partial charge in [-0.3, -0.25) is 0 Å². The van der Waals surface area contributed by atoms with E-state index in [1.807, 2.05) is 20.9 Å². The molecule has 0 saturated carbocycles. The summed E-state index contributed by atoms with van der Waals surface area (Å²) in [6.07, 6.45) is 4.24. The Bertz CT molecular complexity index is 349. The lowest BCUT2D eigenvalue weighted by molar-refractivity contribution is 0.737. The first-order valence-electron chi connectivity index (χ1n) is 6.10. The summed E-state index contributed by atoms with van der Waals surface area (Å²) in [5.41, 5.74) is 0. The standard InChI is InChI=1S/C9H9N.C4H10.C2H6/c1-10-6-8-4-2-3-5-9(8)7-10;1-4(2)3;1-2/h2-7H,1H3;4H,1-3H3;1-2H3. The molecule has 1 heterocycles. The zero-order chi connectivity index (χ0) is 12.6. The van der Waals surface area contributed by atoms with E-state index in [1.54, 1.807) is 0 Å². The van der Waals surface area contributed by atoms with Gasteiger partial charge >= 0.3 is 0 Å². The molecule has 1 nitrogen and oxygen atoms in total. The molecule has 0 aliphatic heterocycles. The van der Waals surface area contributed by atoms with Crippen molar-refractivity contribution in [3.8, 4) is 0 Å². The molecular weight excluding hydrogens is 194 g/mol. The van der Waals surface area contributed by atoms with Crippen molar-refractivity contribution in [1.82, 2.24) is 4.57 Å².